The van der Waals surface area contributed by atoms with E-state index in [1.54, 1.807) is 0 Å². The van der Waals surface area contributed by atoms with Gasteiger partial charge in [0.05, 0.1) is 12.7 Å². The first kappa shape index (κ1) is 14.3. The average molecular weight is 255 g/mol. The lowest BCUT2D eigenvalue weighted by Gasteiger charge is -2.31. The van der Waals surface area contributed by atoms with Gasteiger partial charge in [0.2, 0.25) is 0 Å². The first-order chi connectivity index (χ1) is 8.79. The zero-order chi connectivity index (χ0) is 12.8. The zero-order valence-corrected chi connectivity index (χ0v) is 11.6. The molecule has 3 nitrogen and oxygen atoms in total. The van der Waals surface area contributed by atoms with Gasteiger partial charge in [0, 0.05) is 12.6 Å². The molecule has 1 heterocycles. The van der Waals surface area contributed by atoms with Gasteiger partial charge in [0.25, 0.3) is 0 Å². The third-order valence-electron chi connectivity index (χ3n) is 4.74. The number of hydrogen-bond acceptors (Lipinski definition) is 3. The second-order valence-electron chi connectivity index (χ2n) is 6.22. The highest BCUT2D eigenvalue weighted by molar-refractivity contribution is 4.79. The molecule has 2 rings (SSSR count). The van der Waals surface area contributed by atoms with Crippen LogP contribution in [-0.2, 0) is 0 Å². The van der Waals surface area contributed by atoms with Crippen LogP contribution < -0.4 is 0 Å². The van der Waals surface area contributed by atoms with Crippen LogP contribution in [0, 0.1) is 5.92 Å². The molecule has 1 aliphatic carbocycles. The molecule has 3 heteroatoms. The number of β-amino-alcohol motifs (C(OH)–C–C–N with tert-alkyl or cyclic N) is 1. The van der Waals surface area contributed by atoms with Crippen LogP contribution in [0.15, 0.2) is 0 Å². The van der Waals surface area contributed by atoms with Gasteiger partial charge in [0.15, 0.2) is 0 Å². The van der Waals surface area contributed by atoms with E-state index in [0.29, 0.717) is 0 Å². The second-order valence-corrected chi connectivity index (χ2v) is 6.22. The molecule has 2 unspecified atom stereocenters. The van der Waals surface area contributed by atoms with E-state index in [9.17, 15) is 10.2 Å². The number of aliphatic hydroxyl groups excluding tert-OH is 2. The predicted molar refractivity (Wildman–Crippen MR) is 73.5 cm³/mol. The standard InChI is InChI=1S/C15H29NO2/c17-12-14-8-2-1-5-9-16(14)11-15(18)10-13-6-3-4-7-13/h13-15,17-18H,1-12H2. The third kappa shape index (κ3) is 4.22. The SMILES string of the molecule is OCC1CCCCCN1CC(O)CC1CCCC1. The van der Waals surface area contributed by atoms with Gasteiger partial charge in [-0.05, 0) is 31.7 Å². The highest BCUT2D eigenvalue weighted by atomic mass is 16.3. The summed E-state index contributed by atoms with van der Waals surface area (Å²) in [7, 11) is 0. The van der Waals surface area contributed by atoms with E-state index in [0.717, 1.165) is 31.8 Å². The van der Waals surface area contributed by atoms with E-state index >= 15 is 0 Å². The molecular weight excluding hydrogens is 226 g/mol. The molecule has 0 aromatic rings. The molecule has 1 aliphatic heterocycles. The first-order valence-electron chi connectivity index (χ1n) is 7.82. The van der Waals surface area contributed by atoms with Crippen LogP contribution in [0.25, 0.3) is 0 Å². The van der Waals surface area contributed by atoms with Gasteiger partial charge in [-0.25, -0.2) is 0 Å². The molecule has 0 amide bonds. The molecule has 1 saturated heterocycles. The summed E-state index contributed by atoms with van der Waals surface area (Å²) in [6, 6.07) is 0.283. The molecule has 2 aliphatic rings. The highest BCUT2D eigenvalue weighted by Gasteiger charge is 2.24. The topological polar surface area (TPSA) is 43.7 Å². The lowest BCUT2D eigenvalue weighted by atomic mass is 9.99. The summed E-state index contributed by atoms with van der Waals surface area (Å²) in [6.07, 6.45) is 10.9. The smallest absolute Gasteiger partial charge is 0.0669 e. The molecule has 106 valence electrons. The van der Waals surface area contributed by atoms with Crippen molar-refractivity contribution >= 4 is 0 Å². The van der Waals surface area contributed by atoms with Crippen molar-refractivity contribution in [2.75, 3.05) is 19.7 Å². The highest BCUT2D eigenvalue weighted by Crippen LogP contribution is 2.29. The minimum atomic E-state index is -0.194. The fourth-order valence-electron chi connectivity index (χ4n) is 3.66. The van der Waals surface area contributed by atoms with Crippen LogP contribution in [0.5, 0.6) is 0 Å². The molecule has 2 N–H and O–H groups in total. The maximum absolute atomic E-state index is 10.2. The molecule has 0 aromatic heterocycles. The first-order valence-corrected chi connectivity index (χ1v) is 7.82. The van der Waals surface area contributed by atoms with Crippen molar-refractivity contribution in [2.24, 2.45) is 5.92 Å². The third-order valence-corrected chi connectivity index (χ3v) is 4.74. The van der Waals surface area contributed by atoms with E-state index in [1.807, 2.05) is 0 Å². The van der Waals surface area contributed by atoms with Gasteiger partial charge >= 0.3 is 0 Å². The average Bonchev–Trinajstić information content (AvgIpc) is 2.75. The molecule has 0 spiro atoms. The summed E-state index contributed by atoms with van der Waals surface area (Å²) in [5.74, 6) is 0.750. The number of nitrogens with zero attached hydrogens (tertiary/aromatic N) is 1. The Hall–Kier alpha value is -0.120. The van der Waals surface area contributed by atoms with Gasteiger partial charge in [-0.15, -0.1) is 0 Å². The molecule has 2 atom stereocenters. The second kappa shape index (κ2) is 7.46. The summed E-state index contributed by atoms with van der Waals surface area (Å²) >= 11 is 0. The summed E-state index contributed by atoms with van der Waals surface area (Å²) in [4.78, 5) is 2.33. The Morgan fingerprint density at radius 3 is 2.44 bits per heavy atom. The van der Waals surface area contributed by atoms with Crippen molar-refractivity contribution in [1.29, 1.82) is 0 Å². The van der Waals surface area contributed by atoms with E-state index in [1.165, 1.54) is 44.9 Å². The van der Waals surface area contributed by atoms with Crippen LogP contribution in [0.2, 0.25) is 0 Å². The molecule has 0 bridgehead atoms. The molecular formula is C15H29NO2. The van der Waals surface area contributed by atoms with Crippen LogP contribution in [-0.4, -0.2) is 47.0 Å². The molecule has 2 fully saturated rings. The molecule has 0 radical (unpaired) electrons. The Morgan fingerprint density at radius 2 is 1.72 bits per heavy atom. The summed E-state index contributed by atoms with van der Waals surface area (Å²) in [6.45, 7) is 2.06. The lowest BCUT2D eigenvalue weighted by Crippen LogP contribution is -2.42. The maximum Gasteiger partial charge on any atom is 0.0669 e. The monoisotopic (exact) mass is 255 g/mol. The zero-order valence-electron chi connectivity index (χ0n) is 11.6. The number of rotatable bonds is 5. The Kier molecular flexibility index (Phi) is 5.93. The van der Waals surface area contributed by atoms with Crippen LogP contribution in [0.4, 0.5) is 0 Å². The molecule has 0 aromatic carbocycles. The van der Waals surface area contributed by atoms with Crippen molar-refractivity contribution in [3.63, 3.8) is 0 Å². The van der Waals surface area contributed by atoms with E-state index in [-0.39, 0.29) is 18.8 Å². The van der Waals surface area contributed by atoms with Crippen molar-refractivity contribution in [1.82, 2.24) is 4.90 Å². The predicted octanol–water partition coefficient (Wildman–Crippen LogP) is 2.16. The fourth-order valence-corrected chi connectivity index (χ4v) is 3.66. The number of likely N-dealkylation sites (tertiary alicyclic amines) is 1. The van der Waals surface area contributed by atoms with Crippen LogP contribution in [0.3, 0.4) is 0 Å². The van der Waals surface area contributed by atoms with E-state index < -0.39 is 0 Å². The summed E-state index contributed by atoms with van der Waals surface area (Å²) in [5.41, 5.74) is 0. The Labute approximate surface area is 111 Å². The minimum Gasteiger partial charge on any atom is -0.395 e. The normalized spacial score (nSPS) is 29.3. The van der Waals surface area contributed by atoms with E-state index in [4.69, 9.17) is 0 Å². The summed E-state index contributed by atoms with van der Waals surface area (Å²) in [5, 5.41) is 19.7. The van der Waals surface area contributed by atoms with Gasteiger partial charge in [-0.1, -0.05) is 38.5 Å². The van der Waals surface area contributed by atoms with Crippen molar-refractivity contribution in [3.05, 3.63) is 0 Å². The van der Waals surface area contributed by atoms with Gasteiger partial charge in [-0.3, -0.25) is 4.90 Å². The number of hydrogen-bond donors (Lipinski definition) is 2. The maximum atomic E-state index is 10.2. The van der Waals surface area contributed by atoms with Gasteiger partial charge < -0.3 is 10.2 Å². The van der Waals surface area contributed by atoms with Crippen molar-refractivity contribution in [3.8, 4) is 0 Å². The van der Waals surface area contributed by atoms with Crippen molar-refractivity contribution in [2.45, 2.75) is 69.9 Å². The Bertz CT molecular complexity index is 229. The number of aliphatic hydroxyl groups is 2. The van der Waals surface area contributed by atoms with Crippen LogP contribution >= 0.6 is 0 Å². The van der Waals surface area contributed by atoms with Gasteiger partial charge in [-0.2, -0.15) is 0 Å². The van der Waals surface area contributed by atoms with Gasteiger partial charge in [0.1, 0.15) is 0 Å². The molecule has 1 saturated carbocycles. The van der Waals surface area contributed by atoms with E-state index in [2.05, 4.69) is 4.90 Å². The minimum absolute atomic E-state index is 0.194. The Morgan fingerprint density at radius 1 is 1.00 bits per heavy atom. The Balaban J connectivity index is 1.77. The summed E-state index contributed by atoms with van der Waals surface area (Å²) < 4.78 is 0. The van der Waals surface area contributed by atoms with Crippen molar-refractivity contribution < 1.29 is 10.2 Å². The largest absolute Gasteiger partial charge is 0.395 e. The quantitative estimate of drug-likeness (QED) is 0.791. The fraction of sp³-hybridized carbons (Fsp3) is 1.00. The van der Waals surface area contributed by atoms with Crippen LogP contribution in [0.1, 0.15) is 57.8 Å². The molecule has 18 heavy (non-hydrogen) atoms. The lowest BCUT2D eigenvalue weighted by molar-refractivity contribution is 0.0523.